The van der Waals surface area contributed by atoms with Crippen molar-refractivity contribution < 1.29 is 4.79 Å². The zero-order valence-electron chi connectivity index (χ0n) is 8.62. The lowest BCUT2D eigenvalue weighted by atomic mass is 10.1. The molecule has 0 unspecified atom stereocenters. The molecule has 16 heavy (non-hydrogen) atoms. The molecule has 2 rings (SSSR count). The zero-order chi connectivity index (χ0) is 11.5. The summed E-state index contributed by atoms with van der Waals surface area (Å²) in [6.45, 7) is 1.89. The van der Waals surface area contributed by atoms with Crippen LogP contribution in [0.1, 0.15) is 15.9 Å². The topological polar surface area (TPSA) is 57.8 Å². The van der Waals surface area contributed by atoms with Crippen LogP contribution in [0.2, 0.25) is 0 Å². The van der Waals surface area contributed by atoms with Gasteiger partial charge >= 0.3 is 0 Å². The molecule has 1 aromatic carbocycles. The van der Waals surface area contributed by atoms with Gasteiger partial charge in [0.05, 0.1) is 0 Å². The fraction of sp³-hybridized carbons (Fsp3) is 0.0909. The Morgan fingerprint density at radius 2 is 2.31 bits per heavy atom. The highest BCUT2D eigenvalue weighted by atomic mass is 79.9. The van der Waals surface area contributed by atoms with Crippen molar-refractivity contribution in [3.05, 3.63) is 46.2 Å². The number of carbonyl (C=O) groups is 1. The predicted octanol–water partition coefficient (Wildman–Crippen LogP) is 2.73. The highest BCUT2D eigenvalue weighted by Gasteiger charge is 2.09. The van der Waals surface area contributed by atoms with E-state index in [2.05, 4.69) is 31.2 Å². The molecular formula is C11H10BrN3O. The van der Waals surface area contributed by atoms with E-state index < -0.39 is 0 Å². The summed E-state index contributed by atoms with van der Waals surface area (Å²) in [7, 11) is 0. The van der Waals surface area contributed by atoms with Crippen LogP contribution in [0.5, 0.6) is 0 Å². The molecule has 0 radical (unpaired) electrons. The summed E-state index contributed by atoms with van der Waals surface area (Å²) >= 11 is 3.36. The maximum atomic E-state index is 11.9. The van der Waals surface area contributed by atoms with E-state index in [1.165, 1.54) is 0 Å². The lowest BCUT2D eigenvalue weighted by molar-refractivity contribution is 0.102. The summed E-state index contributed by atoms with van der Waals surface area (Å²) in [4.78, 5) is 18.6. The summed E-state index contributed by atoms with van der Waals surface area (Å²) in [5.41, 5.74) is 1.55. The van der Waals surface area contributed by atoms with E-state index in [1.807, 2.05) is 19.1 Å². The number of benzene rings is 1. The van der Waals surface area contributed by atoms with Crippen molar-refractivity contribution in [3.8, 4) is 0 Å². The van der Waals surface area contributed by atoms with Gasteiger partial charge in [0.15, 0.2) is 0 Å². The Morgan fingerprint density at radius 3 is 2.94 bits per heavy atom. The largest absolute Gasteiger partial charge is 0.331 e. The second-order valence-electron chi connectivity index (χ2n) is 3.35. The summed E-state index contributed by atoms with van der Waals surface area (Å²) in [6.07, 6.45) is 3.24. The molecular weight excluding hydrogens is 270 g/mol. The van der Waals surface area contributed by atoms with E-state index in [0.29, 0.717) is 11.5 Å². The Bertz CT molecular complexity index is 508. The van der Waals surface area contributed by atoms with Gasteiger partial charge in [-0.1, -0.05) is 15.9 Å². The Balaban J connectivity index is 2.21. The van der Waals surface area contributed by atoms with Gasteiger partial charge in [0.2, 0.25) is 5.95 Å². The van der Waals surface area contributed by atoms with Crippen LogP contribution < -0.4 is 5.32 Å². The molecule has 5 heteroatoms. The van der Waals surface area contributed by atoms with Gasteiger partial charge in [-0.05, 0) is 30.7 Å². The maximum Gasteiger partial charge on any atom is 0.258 e. The first-order valence-corrected chi connectivity index (χ1v) is 5.53. The van der Waals surface area contributed by atoms with E-state index in [0.717, 1.165) is 10.0 Å². The lowest BCUT2D eigenvalue weighted by Crippen LogP contribution is -2.14. The minimum Gasteiger partial charge on any atom is -0.331 e. The van der Waals surface area contributed by atoms with Crippen LogP contribution in [0.25, 0.3) is 0 Å². The van der Waals surface area contributed by atoms with Crippen LogP contribution in [-0.2, 0) is 0 Å². The smallest absolute Gasteiger partial charge is 0.258 e. The number of H-pyrrole nitrogens is 1. The van der Waals surface area contributed by atoms with E-state index in [4.69, 9.17) is 0 Å². The second-order valence-corrected chi connectivity index (χ2v) is 4.27. The van der Waals surface area contributed by atoms with Gasteiger partial charge in [0, 0.05) is 22.4 Å². The van der Waals surface area contributed by atoms with Crippen LogP contribution >= 0.6 is 15.9 Å². The van der Waals surface area contributed by atoms with Crippen molar-refractivity contribution in [3.63, 3.8) is 0 Å². The molecule has 1 heterocycles. The number of aromatic amines is 1. The molecule has 0 aliphatic rings. The number of rotatable bonds is 2. The molecule has 2 N–H and O–H groups in total. The number of imidazole rings is 1. The van der Waals surface area contributed by atoms with Crippen molar-refractivity contribution in [2.45, 2.75) is 6.92 Å². The first-order valence-electron chi connectivity index (χ1n) is 4.73. The average Bonchev–Trinajstić information content (AvgIpc) is 2.70. The van der Waals surface area contributed by atoms with Gasteiger partial charge in [0.25, 0.3) is 5.91 Å². The number of aromatic nitrogens is 2. The van der Waals surface area contributed by atoms with Crippen molar-refractivity contribution in [1.82, 2.24) is 9.97 Å². The molecule has 1 amide bonds. The van der Waals surface area contributed by atoms with Gasteiger partial charge in [-0.3, -0.25) is 10.1 Å². The lowest BCUT2D eigenvalue weighted by Gasteiger charge is -2.05. The Morgan fingerprint density at radius 1 is 1.50 bits per heavy atom. The number of nitrogens with zero attached hydrogens (tertiary/aromatic N) is 1. The van der Waals surface area contributed by atoms with Crippen molar-refractivity contribution in [2.75, 3.05) is 5.32 Å². The number of amides is 1. The summed E-state index contributed by atoms with van der Waals surface area (Å²) in [5, 5.41) is 2.68. The van der Waals surface area contributed by atoms with E-state index in [1.54, 1.807) is 18.5 Å². The molecule has 4 nitrogen and oxygen atoms in total. The third-order valence-corrected chi connectivity index (χ3v) is 2.66. The Hall–Kier alpha value is -1.62. The van der Waals surface area contributed by atoms with Gasteiger partial charge in [0.1, 0.15) is 0 Å². The van der Waals surface area contributed by atoms with Gasteiger partial charge < -0.3 is 4.98 Å². The molecule has 0 aliphatic heterocycles. The van der Waals surface area contributed by atoms with Crippen LogP contribution in [0.4, 0.5) is 5.95 Å². The van der Waals surface area contributed by atoms with Gasteiger partial charge in [-0.15, -0.1) is 0 Å². The molecule has 0 saturated heterocycles. The van der Waals surface area contributed by atoms with Gasteiger partial charge in [-0.25, -0.2) is 4.98 Å². The van der Waals surface area contributed by atoms with E-state index in [9.17, 15) is 4.79 Å². The van der Waals surface area contributed by atoms with E-state index in [-0.39, 0.29) is 5.91 Å². The summed E-state index contributed by atoms with van der Waals surface area (Å²) in [6, 6.07) is 5.51. The minimum atomic E-state index is -0.167. The standard InChI is InChI=1S/C11H10BrN3O/c1-7-6-8(12)2-3-9(7)10(16)15-11-13-4-5-14-11/h2-6H,1H3,(H2,13,14,15,16). The van der Waals surface area contributed by atoms with Crippen molar-refractivity contribution in [1.29, 1.82) is 0 Å². The fourth-order valence-corrected chi connectivity index (χ4v) is 1.87. The molecule has 1 aromatic heterocycles. The highest BCUT2D eigenvalue weighted by molar-refractivity contribution is 9.10. The average molecular weight is 280 g/mol. The SMILES string of the molecule is Cc1cc(Br)ccc1C(=O)Nc1ncc[nH]1. The molecule has 0 aliphatic carbocycles. The number of carbonyl (C=O) groups excluding carboxylic acids is 1. The van der Waals surface area contributed by atoms with E-state index >= 15 is 0 Å². The quantitative estimate of drug-likeness (QED) is 0.888. The predicted molar refractivity (Wildman–Crippen MR) is 65.4 cm³/mol. The molecule has 0 saturated carbocycles. The third kappa shape index (κ3) is 2.30. The first-order chi connectivity index (χ1) is 7.66. The van der Waals surface area contributed by atoms with Gasteiger partial charge in [-0.2, -0.15) is 0 Å². The minimum absolute atomic E-state index is 0.167. The normalized spacial score (nSPS) is 10.1. The number of hydrogen-bond acceptors (Lipinski definition) is 2. The monoisotopic (exact) mass is 279 g/mol. The Labute approximate surface area is 101 Å². The maximum absolute atomic E-state index is 11.9. The van der Waals surface area contributed by atoms with Crippen LogP contribution in [-0.4, -0.2) is 15.9 Å². The molecule has 82 valence electrons. The second kappa shape index (κ2) is 4.49. The first kappa shape index (κ1) is 10.9. The number of anilines is 1. The van der Waals surface area contributed by atoms with Crippen molar-refractivity contribution >= 4 is 27.8 Å². The number of nitrogens with one attached hydrogen (secondary N) is 2. The summed E-state index contributed by atoms with van der Waals surface area (Å²) < 4.78 is 0.958. The molecule has 0 atom stereocenters. The zero-order valence-corrected chi connectivity index (χ0v) is 10.2. The Kier molecular flexibility index (Phi) is 3.05. The number of halogens is 1. The van der Waals surface area contributed by atoms with Crippen LogP contribution in [0, 0.1) is 6.92 Å². The third-order valence-electron chi connectivity index (χ3n) is 2.16. The fourth-order valence-electron chi connectivity index (χ4n) is 1.39. The number of hydrogen-bond donors (Lipinski definition) is 2. The van der Waals surface area contributed by atoms with Crippen molar-refractivity contribution in [2.24, 2.45) is 0 Å². The van der Waals surface area contributed by atoms with Crippen LogP contribution in [0.15, 0.2) is 35.1 Å². The molecule has 0 bridgehead atoms. The molecule has 2 aromatic rings. The molecule has 0 fully saturated rings. The summed E-state index contributed by atoms with van der Waals surface area (Å²) in [5.74, 6) is 0.285. The number of aryl methyl sites for hydroxylation is 1. The molecule has 0 spiro atoms. The highest BCUT2D eigenvalue weighted by Crippen LogP contribution is 2.16. The van der Waals surface area contributed by atoms with Crippen LogP contribution in [0.3, 0.4) is 0 Å².